The zero-order valence-corrected chi connectivity index (χ0v) is 34.2. The van der Waals surface area contributed by atoms with Gasteiger partial charge in [-0.25, -0.2) is 0 Å². The van der Waals surface area contributed by atoms with Gasteiger partial charge in [0.1, 0.15) is 6.10 Å². The van der Waals surface area contributed by atoms with E-state index in [9.17, 15) is 9.90 Å². The summed E-state index contributed by atoms with van der Waals surface area (Å²) in [6.45, 7) is 5.37. The Morgan fingerprint density at radius 1 is 0.460 bits per heavy atom. The highest BCUT2D eigenvalue weighted by molar-refractivity contribution is 5.69. The number of hydrogen-bond acceptors (Lipinski definition) is 4. The van der Waals surface area contributed by atoms with Crippen molar-refractivity contribution >= 4 is 5.97 Å². The lowest BCUT2D eigenvalue weighted by molar-refractivity contribution is -0.154. The molecule has 0 aromatic heterocycles. The van der Waals surface area contributed by atoms with E-state index in [4.69, 9.17) is 9.47 Å². The van der Waals surface area contributed by atoms with Gasteiger partial charge in [0.2, 0.25) is 0 Å². The smallest absolute Gasteiger partial charge is 0.306 e. The van der Waals surface area contributed by atoms with E-state index in [2.05, 4.69) is 26.0 Å². The Hall–Kier alpha value is -0.870. The van der Waals surface area contributed by atoms with Crippen LogP contribution in [0, 0.1) is 0 Å². The fourth-order valence-electron chi connectivity index (χ4n) is 6.91. The molecule has 0 spiro atoms. The van der Waals surface area contributed by atoms with Gasteiger partial charge in [-0.2, -0.15) is 0 Å². The first-order valence-corrected chi connectivity index (χ1v) is 22.8. The zero-order chi connectivity index (χ0) is 36.3. The molecule has 0 radical (unpaired) electrons. The topological polar surface area (TPSA) is 55.8 Å². The normalized spacial score (nSPS) is 12.3. The van der Waals surface area contributed by atoms with E-state index in [1.807, 2.05) is 0 Å². The number of carbonyl (C=O) groups excluding carboxylic acids is 1. The Balaban J connectivity index is 3.36. The maximum absolute atomic E-state index is 12.2. The average Bonchev–Trinajstić information content (AvgIpc) is 3.12. The molecule has 50 heavy (non-hydrogen) atoms. The average molecular weight is 707 g/mol. The maximum atomic E-state index is 12.2. The summed E-state index contributed by atoms with van der Waals surface area (Å²) in [5.41, 5.74) is 0. The van der Waals surface area contributed by atoms with Crippen molar-refractivity contribution < 1.29 is 19.4 Å². The molecule has 0 saturated heterocycles. The van der Waals surface area contributed by atoms with Crippen LogP contribution in [0.3, 0.4) is 0 Å². The molecule has 0 aliphatic carbocycles. The maximum Gasteiger partial charge on any atom is 0.306 e. The molecule has 0 rings (SSSR count). The molecule has 0 saturated carbocycles. The molecule has 0 aliphatic rings. The molecule has 0 amide bonds. The summed E-state index contributed by atoms with van der Waals surface area (Å²) in [7, 11) is 0. The van der Waals surface area contributed by atoms with Gasteiger partial charge in [0.15, 0.2) is 0 Å². The van der Waals surface area contributed by atoms with E-state index in [1.165, 1.54) is 212 Å². The molecule has 0 heterocycles. The van der Waals surface area contributed by atoms with Crippen molar-refractivity contribution in [2.45, 2.75) is 258 Å². The van der Waals surface area contributed by atoms with Gasteiger partial charge >= 0.3 is 5.97 Å². The summed E-state index contributed by atoms with van der Waals surface area (Å²) in [6.07, 6.45) is 52.8. The number of aliphatic hydroxyl groups is 1. The zero-order valence-electron chi connectivity index (χ0n) is 34.2. The van der Waals surface area contributed by atoms with Gasteiger partial charge in [-0.3, -0.25) is 4.79 Å². The molecule has 0 bridgehead atoms. The standard InChI is InChI=1S/C46H90O4/c1-3-5-7-9-11-13-15-17-19-20-21-22-23-24-25-26-27-29-31-33-35-37-39-41-46(48)50-45(43-47)44-49-42-40-38-36-34-32-30-28-18-16-14-12-10-8-6-4-2/h16,18,45,47H,3-15,17,19-44H2,1-2H3/b18-16-. The summed E-state index contributed by atoms with van der Waals surface area (Å²) in [5.74, 6) is -0.196. The molecule has 0 aromatic carbocycles. The number of unbranched alkanes of at least 4 members (excludes halogenated alkanes) is 33. The minimum absolute atomic E-state index is 0.168. The molecule has 0 aliphatic heterocycles. The number of ether oxygens (including phenoxy) is 2. The lowest BCUT2D eigenvalue weighted by Gasteiger charge is -2.15. The molecule has 0 fully saturated rings. The quantitative estimate of drug-likeness (QED) is 0.0390. The van der Waals surface area contributed by atoms with Crippen molar-refractivity contribution in [3.05, 3.63) is 12.2 Å². The molecule has 4 nitrogen and oxygen atoms in total. The van der Waals surface area contributed by atoms with Gasteiger partial charge in [0.05, 0.1) is 13.2 Å². The van der Waals surface area contributed by atoms with Gasteiger partial charge in [0, 0.05) is 13.0 Å². The van der Waals surface area contributed by atoms with E-state index in [0.29, 0.717) is 19.6 Å². The van der Waals surface area contributed by atoms with Gasteiger partial charge in [-0.15, -0.1) is 0 Å². The van der Waals surface area contributed by atoms with Crippen LogP contribution in [0.4, 0.5) is 0 Å². The SMILES string of the molecule is CCCCCCC/C=C\CCCCCCCCOCC(CO)OC(=O)CCCCCCCCCCCCCCCCCCCCCCCCC. The van der Waals surface area contributed by atoms with Crippen LogP contribution in [0.1, 0.15) is 251 Å². The van der Waals surface area contributed by atoms with Crippen molar-refractivity contribution in [2.75, 3.05) is 19.8 Å². The second-order valence-corrected chi connectivity index (χ2v) is 15.5. The molecular formula is C46H90O4. The van der Waals surface area contributed by atoms with E-state index in [1.54, 1.807) is 0 Å². The van der Waals surface area contributed by atoms with E-state index in [-0.39, 0.29) is 12.6 Å². The Labute approximate surface area is 314 Å². The predicted octanol–water partition coefficient (Wildman–Crippen LogP) is 14.9. The summed E-state index contributed by atoms with van der Waals surface area (Å²) in [4.78, 5) is 12.2. The van der Waals surface area contributed by atoms with Crippen LogP contribution in [0.15, 0.2) is 12.2 Å². The number of hydrogen-bond donors (Lipinski definition) is 1. The van der Waals surface area contributed by atoms with Gasteiger partial charge in [-0.1, -0.05) is 219 Å². The molecular weight excluding hydrogens is 617 g/mol. The fourth-order valence-corrected chi connectivity index (χ4v) is 6.91. The van der Waals surface area contributed by atoms with Crippen molar-refractivity contribution in [3.8, 4) is 0 Å². The molecule has 4 heteroatoms. The number of carbonyl (C=O) groups is 1. The highest BCUT2D eigenvalue weighted by Gasteiger charge is 2.13. The van der Waals surface area contributed by atoms with E-state index >= 15 is 0 Å². The fraction of sp³-hybridized carbons (Fsp3) is 0.935. The first-order chi connectivity index (χ1) is 24.7. The minimum Gasteiger partial charge on any atom is -0.457 e. The van der Waals surface area contributed by atoms with Crippen LogP contribution in [0.2, 0.25) is 0 Å². The highest BCUT2D eigenvalue weighted by Crippen LogP contribution is 2.16. The molecule has 1 N–H and O–H groups in total. The lowest BCUT2D eigenvalue weighted by Crippen LogP contribution is -2.27. The van der Waals surface area contributed by atoms with Crippen molar-refractivity contribution in [1.29, 1.82) is 0 Å². The first kappa shape index (κ1) is 49.1. The second kappa shape index (κ2) is 44.3. The highest BCUT2D eigenvalue weighted by atomic mass is 16.6. The van der Waals surface area contributed by atoms with Crippen molar-refractivity contribution in [1.82, 2.24) is 0 Å². The van der Waals surface area contributed by atoms with Gasteiger partial charge in [0.25, 0.3) is 0 Å². The third kappa shape index (κ3) is 41.5. The van der Waals surface area contributed by atoms with E-state index in [0.717, 1.165) is 19.3 Å². The number of rotatable bonds is 43. The van der Waals surface area contributed by atoms with Crippen LogP contribution in [0.25, 0.3) is 0 Å². The minimum atomic E-state index is -0.531. The summed E-state index contributed by atoms with van der Waals surface area (Å²) in [6, 6.07) is 0. The van der Waals surface area contributed by atoms with Crippen LogP contribution in [0.5, 0.6) is 0 Å². The summed E-state index contributed by atoms with van der Waals surface area (Å²) < 4.78 is 11.2. The number of allylic oxidation sites excluding steroid dienone is 2. The van der Waals surface area contributed by atoms with Crippen LogP contribution < -0.4 is 0 Å². The van der Waals surface area contributed by atoms with Gasteiger partial charge in [-0.05, 0) is 38.5 Å². The third-order valence-corrected chi connectivity index (χ3v) is 10.3. The molecule has 298 valence electrons. The Morgan fingerprint density at radius 3 is 1.14 bits per heavy atom. The number of aliphatic hydroxyl groups excluding tert-OH is 1. The molecule has 1 unspecified atom stereocenters. The Morgan fingerprint density at radius 2 is 0.780 bits per heavy atom. The predicted molar refractivity (Wildman–Crippen MR) is 219 cm³/mol. The third-order valence-electron chi connectivity index (χ3n) is 10.3. The summed E-state index contributed by atoms with van der Waals surface area (Å²) >= 11 is 0. The molecule has 1 atom stereocenters. The monoisotopic (exact) mass is 707 g/mol. The Kier molecular flexibility index (Phi) is 43.5. The largest absolute Gasteiger partial charge is 0.457 e. The van der Waals surface area contributed by atoms with Crippen molar-refractivity contribution in [2.24, 2.45) is 0 Å². The number of esters is 1. The molecule has 0 aromatic rings. The van der Waals surface area contributed by atoms with E-state index < -0.39 is 6.10 Å². The second-order valence-electron chi connectivity index (χ2n) is 15.5. The van der Waals surface area contributed by atoms with Crippen LogP contribution >= 0.6 is 0 Å². The lowest BCUT2D eigenvalue weighted by atomic mass is 10.0. The summed E-state index contributed by atoms with van der Waals surface area (Å²) in [5, 5.41) is 9.60. The van der Waals surface area contributed by atoms with Crippen molar-refractivity contribution in [3.63, 3.8) is 0 Å². The van der Waals surface area contributed by atoms with Crippen LogP contribution in [-0.2, 0) is 14.3 Å². The Bertz CT molecular complexity index is 663. The van der Waals surface area contributed by atoms with Crippen LogP contribution in [-0.4, -0.2) is 37.0 Å². The van der Waals surface area contributed by atoms with Gasteiger partial charge < -0.3 is 14.6 Å². The first-order valence-electron chi connectivity index (χ1n) is 22.8.